The first-order valence-corrected chi connectivity index (χ1v) is 9.65. The van der Waals surface area contributed by atoms with E-state index < -0.39 is 0 Å². The van der Waals surface area contributed by atoms with Crippen LogP contribution in [-0.4, -0.2) is 17.4 Å². The SMILES string of the molecule is CC(NC(=O)CN(Cc1cccnc1)c1ccccc1)c1ccc(Br)cc1. The molecule has 1 heterocycles. The number of nitrogens with one attached hydrogen (secondary N) is 1. The zero-order valence-corrected chi connectivity index (χ0v) is 16.8. The first-order chi connectivity index (χ1) is 13.1. The number of amides is 1. The second-order valence-corrected chi connectivity index (χ2v) is 7.31. The van der Waals surface area contributed by atoms with E-state index in [1.165, 1.54) is 0 Å². The van der Waals surface area contributed by atoms with Gasteiger partial charge < -0.3 is 10.2 Å². The Kier molecular flexibility index (Phi) is 6.60. The molecule has 3 aromatic rings. The highest BCUT2D eigenvalue weighted by Crippen LogP contribution is 2.18. The second-order valence-electron chi connectivity index (χ2n) is 6.39. The van der Waals surface area contributed by atoms with Crippen molar-refractivity contribution >= 4 is 27.5 Å². The minimum absolute atomic E-state index is 0.0156. The van der Waals surface area contributed by atoms with Crippen molar-refractivity contribution in [2.45, 2.75) is 19.5 Å². The van der Waals surface area contributed by atoms with Gasteiger partial charge in [0.2, 0.25) is 5.91 Å². The zero-order valence-electron chi connectivity index (χ0n) is 15.2. The Morgan fingerprint density at radius 1 is 1.07 bits per heavy atom. The Balaban J connectivity index is 1.69. The molecule has 0 aliphatic heterocycles. The first-order valence-electron chi connectivity index (χ1n) is 8.85. The maximum Gasteiger partial charge on any atom is 0.240 e. The molecule has 0 bridgehead atoms. The maximum atomic E-state index is 12.7. The Morgan fingerprint density at radius 2 is 1.81 bits per heavy atom. The molecule has 1 unspecified atom stereocenters. The lowest BCUT2D eigenvalue weighted by atomic mass is 10.1. The van der Waals surface area contributed by atoms with Gasteiger partial charge in [-0.25, -0.2) is 0 Å². The van der Waals surface area contributed by atoms with Crippen molar-refractivity contribution in [1.82, 2.24) is 10.3 Å². The van der Waals surface area contributed by atoms with Crippen molar-refractivity contribution in [3.05, 3.63) is 94.7 Å². The molecule has 0 aliphatic carbocycles. The van der Waals surface area contributed by atoms with E-state index in [1.807, 2.05) is 79.9 Å². The van der Waals surface area contributed by atoms with Crippen LogP contribution in [0.5, 0.6) is 0 Å². The minimum Gasteiger partial charge on any atom is -0.358 e. The summed E-state index contributed by atoms with van der Waals surface area (Å²) in [5, 5.41) is 3.09. The number of rotatable bonds is 7. The first kappa shape index (κ1) is 19.1. The molecule has 5 heteroatoms. The van der Waals surface area contributed by atoms with Crippen molar-refractivity contribution in [2.24, 2.45) is 0 Å². The highest BCUT2D eigenvalue weighted by atomic mass is 79.9. The number of para-hydroxylation sites is 1. The predicted octanol–water partition coefficient (Wildman–Crippen LogP) is 4.73. The van der Waals surface area contributed by atoms with Gasteiger partial charge in [0.05, 0.1) is 12.6 Å². The van der Waals surface area contributed by atoms with E-state index in [-0.39, 0.29) is 18.5 Å². The molecule has 0 aliphatic rings. The fraction of sp³-hybridized carbons (Fsp3) is 0.182. The van der Waals surface area contributed by atoms with Crippen molar-refractivity contribution in [3.63, 3.8) is 0 Å². The predicted molar refractivity (Wildman–Crippen MR) is 112 cm³/mol. The minimum atomic E-state index is -0.0541. The number of pyridine rings is 1. The third-order valence-electron chi connectivity index (χ3n) is 4.30. The van der Waals surface area contributed by atoms with Crippen LogP contribution < -0.4 is 10.2 Å². The summed E-state index contributed by atoms with van der Waals surface area (Å²) in [5.41, 5.74) is 3.15. The number of anilines is 1. The van der Waals surface area contributed by atoms with E-state index in [0.717, 1.165) is 21.3 Å². The molecule has 27 heavy (non-hydrogen) atoms. The normalized spacial score (nSPS) is 11.6. The maximum absolute atomic E-state index is 12.7. The Hall–Kier alpha value is -2.66. The van der Waals surface area contributed by atoms with Gasteiger partial charge in [0.15, 0.2) is 0 Å². The van der Waals surface area contributed by atoms with E-state index in [0.29, 0.717) is 6.54 Å². The summed E-state index contributed by atoms with van der Waals surface area (Å²) >= 11 is 3.44. The summed E-state index contributed by atoms with van der Waals surface area (Å²) in [6.07, 6.45) is 3.58. The number of benzene rings is 2. The van der Waals surface area contributed by atoms with E-state index in [4.69, 9.17) is 0 Å². The van der Waals surface area contributed by atoms with Crippen LogP contribution in [0.2, 0.25) is 0 Å². The van der Waals surface area contributed by atoms with E-state index >= 15 is 0 Å². The Morgan fingerprint density at radius 3 is 2.48 bits per heavy atom. The molecule has 1 amide bonds. The van der Waals surface area contributed by atoms with E-state index in [1.54, 1.807) is 6.20 Å². The number of hydrogen-bond donors (Lipinski definition) is 1. The highest BCUT2D eigenvalue weighted by molar-refractivity contribution is 9.10. The number of hydrogen-bond acceptors (Lipinski definition) is 3. The van der Waals surface area contributed by atoms with Crippen LogP contribution in [0.1, 0.15) is 24.1 Å². The molecule has 4 nitrogen and oxygen atoms in total. The molecule has 138 valence electrons. The van der Waals surface area contributed by atoms with Crippen molar-refractivity contribution in [3.8, 4) is 0 Å². The molecule has 0 fully saturated rings. The lowest BCUT2D eigenvalue weighted by Gasteiger charge is -2.25. The topological polar surface area (TPSA) is 45.2 Å². The standard InChI is InChI=1S/C22H22BrN3O/c1-17(19-9-11-20(23)12-10-19)25-22(27)16-26(21-7-3-2-4-8-21)15-18-6-5-13-24-14-18/h2-14,17H,15-16H2,1H3,(H,25,27). The average molecular weight is 424 g/mol. The molecule has 0 radical (unpaired) electrons. The molecule has 1 aromatic heterocycles. The number of nitrogens with zero attached hydrogens (tertiary/aromatic N) is 2. The number of halogens is 1. The summed E-state index contributed by atoms with van der Waals surface area (Å²) in [4.78, 5) is 18.9. The summed E-state index contributed by atoms with van der Waals surface area (Å²) in [7, 11) is 0. The van der Waals surface area contributed by atoms with Gasteiger partial charge in [-0.15, -0.1) is 0 Å². The largest absolute Gasteiger partial charge is 0.358 e. The lowest BCUT2D eigenvalue weighted by molar-refractivity contribution is -0.120. The molecular weight excluding hydrogens is 402 g/mol. The molecule has 0 saturated heterocycles. The van der Waals surface area contributed by atoms with Gasteiger partial charge in [-0.2, -0.15) is 0 Å². The number of carbonyl (C=O) groups is 1. The summed E-state index contributed by atoms with van der Waals surface area (Å²) in [5.74, 6) is -0.0156. The smallest absolute Gasteiger partial charge is 0.240 e. The van der Waals surface area contributed by atoms with Gasteiger partial charge in [-0.05, 0) is 48.4 Å². The van der Waals surface area contributed by atoms with Crippen LogP contribution in [0, 0.1) is 0 Å². The summed E-state index contributed by atoms with van der Waals surface area (Å²) < 4.78 is 1.02. The zero-order chi connectivity index (χ0) is 19.1. The molecule has 1 N–H and O–H groups in total. The monoisotopic (exact) mass is 423 g/mol. The summed E-state index contributed by atoms with van der Waals surface area (Å²) in [6, 6.07) is 21.8. The fourth-order valence-electron chi connectivity index (χ4n) is 2.88. The van der Waals surface area contributed by atoms with Crippen molar-refractivity contribution in [2.75, 3.05) is 11.4 Å². The van der Waals surface area contributed by atoms with Gasteiger partial charge in [0.1, 0.15) is 0 Å². The van der Waals surface area contributed by atoms with Gasteiger partial charge in [-0.1, -0.05) is 52.3 Å². The third-order valence-corrected chi connectivity index (χ3v) is 4.83. The van der Waals surface area contributed by atoms with Crippen molar-refractivity contribution in [1.29, 1.82) is 0 Å². The Labute approximate surface area is 168 Å². The van der Waals surface area contributed by atoms with Crippen LogP contribution in [-0.2, 0) is 11.3 Å². The van der Waals surface area contributed by atoms with Crippen LogP contribution in [0.4, 0.5) is 5.69 Å². The molecule has 1 atom stereocenters. The van der Waals surface area contributed by atoms with Gasteiger partial charge in [-0.3, -0.25) is 9.78 Å². The Bertz CT molecular complexity index is 854. The molecule has 0 saturated carbocycles. The van der Waals surface area contributed by atoms with Crippen LogP contribution in [0.25, 0.3) is 0 Å². The molecular formula is C22H22BrN3O. The third kappa shape index (κ3) is 5.66. The van der Waals surface area contributed by atoms with Gasteiger partial charge in [0.25, 0.3) is 0 Å². The highest BCUT2D eigenvalue weighted by Gasteiger charge is 2.15. The lowest BCUT2D eigenvalue weighted by Crippen LogP contribution is -2.38. The number of aromatic nitrogens is 1. The van der Waals surface area contributed by atoms with Gasteiger partial charge >= 0.3 is 0 Å². The van der Waals surface area contributed by atoms with E-state index in [9.17, 15) is 4.79 Å². The van der Waals surface area contributed by atoms with Crippen LogP contribution in [0.3, 0.4) is 0 Å². The molecule has 0 spiro atoms. The number of carbonyl (C=O) groups excluding carboxylic acids is 1. The fourth-order valence-corrected chi connectivity index (χ4v) is 3.15. The second kappa shape index (κ2) is 9.33. The van der Waals surface area contributed by atoms with E-state index in [2.05, 4.69) is 31.1 Å². The molecule has 2 aromatic carbocycles. The summed E-state index contributed by atoms with van der Waals surface area (Å²) in [6.45, 7) is 2.90. The van der Waals surface area contributed by atoms with Crippen LogP contribution in [0.15, 0.2) is 83.6 Å². The molecule has 3 rings (SSSR count). The van der Waals surface area contributed by atoms with Gasteiger partial charge in [0, 0.05) is 29.1 Å². The average Bonchev–Trinajstić information content (AvgIpc) is 2.69. The van der Waals surface area contributed by atoms with Crippen molar-refractivity contribution < 1.29 is 4.79 Å². The van der Waals surface area contributed by atoms with Crippen LogP contribution >= 0.6 is 15.9 Å². The quantitative estimate of drug-likeness (QED) is 0.597.